The summed E-state index contributed by atoms with van der Waals surface area (Å²) >= 11 is 0. The number of nitrogens with two attached hydrogens (primary N) is 1. The minimum absolute atomic E-state index is 0.118. The lowest BCUT2D eigenvalue weighted by atomic mass is 9.94. The molecule has 0 unspecified atom stereocenters. The Morgan fingerprint density at radius 3 is 2.55 bits per heavy atom. The number of carbonyl (C=O) groups is 3. The van der Waals surface area contributed by atoms with E-state index in [9.17, 15) is 14.4 Å². The van der Waals surface area contributed by atoms with Crippen molar-refractivity contribution in [3.63, 3.8) is 0 Å². The van der Waals surface area contributed by atoms with Gasteiger partial charge in [-0.2, -0.15) is 5.10 Å². The van der Waals surface area contributed by atoms with Gasteiger partial charge in [0.25, 0.3) is 5.91 Å². The highest BCUT2D eigenvalue weighted by atomic mass is 16.2. The number of hydrogen-bond acceptors (Lipinski definition) is 4. The number of aromatic nitrogens is 2. The highest BCUT2D eigenvalue weighted by Crippen LogP contribution is 2.53. The number of fused-ring (bicyclic) bond motifs is 1. The van der Waals surface area contributed by atoms with Crippen LogP contribution in [0.2, 0.25) is 0 Å². The second kappa shape index (κ2) is 6.43. The number of nitrogens with one attached hydrogen (secondary N) is 1. The molecular weight excluding hydrogens is 370 g/mol. The summed E-state index contributed by atoms with van der Waals surface area (Å²) in [4.78, 5) is 37.8. The summed E-state index contributed by atoms with van der Waals surface area (Å²) in [5.41, 5.74) is 8.10. The predicted molar refractivity (Wildman–Crippen MR) is 104 cm³/mol. The van der Waals surface area contributed by atoms with E-state index in [1.165, 1.54) is 17.7 Å². The van der Waals surface area contributed by atoms with Crippen LogP contribution in [0.25, 0.3) is 0 Å². The second-order valence-electron chi connectivity index (χ2n) is 8.53. The Bertz CT molecular complexity index is 970. The minimum atomic E-state index is -0.983. The van der Waals surface area contributed by atoms with Gasteiger partial charge in [-0.25, -0.2) is 0 Å². The van der Waals surface area contributed by atoms with Gasteiger partial charge in [0.05, 0.1) is 6.04 Å². The van der Waals surface area contributed by atoms with E-state index < -0.39 is 11.8 Å². The molecule has 2 aromatic rings. The van der Waals surface area contributed by atoms with Crippen LogP contribution in [-0.2, 0) is 22.6 Å². The van der Waals surface area contributed by atoms with Crippen LogP contribution in [-0.4, -0.2) is 51.5 Å². The maximum absolute atomic E-state index is 12.9. The molecule has 1 saturated heterocycles. The van der Waals surface area contributed by atoms with E-state index in [-0.39, 0.29) is 24.4 Å². The number of nitrogens with zero attached hydrogens (tertiary/aromatic N) is 3. The molecule has 1 spiro atoms. The van der Waals surface area contributed by atoms with Gasteiger partial charge in [-0.3, -0.25) is 19.1 Å². The van der Waals surface area contributed by atoms with Crippen LogP contribution in [0.1, 0.15) is 40.5 Å². The number of benzene rings is 1. The van der Waals surface area contributed by atoms with Crippen molar-refractivity contribution in [1.29, 1.82) is 0 Å². The van der Waals surface area contributed by atoms with Crippen LogP contribution in [0, 0.1) is 5.41 Å². The minimum Gasteiger partial charge on any atom is -0.361 e. The molecule has 5 rings (SSSR count). The summed E-state index contributed by atoms with van der Waals surface area (Å²) in [6.45, 7) is 1.47. The Morgan fingerprint density at radius 2 is 1.90 bits per heavy atom. The van der Waals surface area contributed by atoms with Gasteiger partial charge >= 0.3 is 11.8 Å². The van der Waals surface area contributed by atoms with E-state index in [0.29, 0.717) is 17.7 Å². The first-order chi connectivity index (χ1) is 13.9. The summed E-state index contributed by atoms with van der Waals surface area (Å²) < 4.78 is 1.95. The molecule has 8 nitrogen and oxygen atoms in total. The molecule has 1 aliphatic carbocycles. The first kappa shape index (κ1) is 17.9. The first-order valence-corrected chi connectivity index (χ1v) is 9.95. The highest BCUT2D eigenvalue weighted by molar-refractivity contribution is 6.34. The quantitative estimate of drug-likeness (QED) is 0.737. The van der Waals surface area contributed by atoms with Crippen LogP contribution in [0.4, 0.5) is 0 Å². The maximum Gasteiger partial charge on any atom is 0.311 e. The summed E-state index contributed by atoms with van der Waals surface area (Å²) in [6, 6.07) is 11.2. The van der Waals surface area contributed by atoms with Crippen molar-refractivity contribution in [2.75, 3.05) is 13.1 Å². The Morgan fingerprint density at radius 1 is 1.14 bits per heavy atom. The van der Waals surface area contributed by atoms with Crippen molar-refractivity contribution in [3.8, 4) is 0 Å². The predicted octanol–water partition coefficient (Wildman–Crippen LogP) is 0.429. The standard InChI is InChI=1S/C21H23N5O3/c22-18(27)20(29)25-10-15(13-4-2-1-3-5-13)17(11-25)23-19(28)16-8-14-9-21(6-7-21)12-26(14)24-16/h1-5,8,15,17H,6-7,9-12H2,(H2,22,27)(H,23,28)/t15-,17+/m0/s1. The van der Waals surface area contributed by atoms with Crippen molar-refractivity contribution < 1.29 is 14.4 Å². The summed E-state index contributed by atoms with van der Waals surface area (Å²) in [5.74, 6) is -2.08. The van der Waals surface area contributed by atoms with Crippen molar-refractivity contribution in [3.05, 3.63) is 53.3 Å². The van der Waals surface area contributed by atoms with Crippen LogP contribution >= 0.6 is 0 Å². The van der Waals surface area contributed by atoms with E-state index in [2.05, 4.69) is 10.4 Å². The molecule has 29 heavy (non-hydrogen) atoms. The number of hydrogen-bond donors (Lipinski definition) is 2. The average Bonchev–Trinajstić information content (AvgIpc) is 3.00. The number of rotatable bonds is 3. The molecule has 150 valence electrons. The third-order valence-electron chi connectivity index (χ3n) is 6.46. The van der Waals surface area contributed by atoms with Crippen LogP contribution in [0.5, 0.6) is 0 Å². The number of amides is 3. The molecular formula is C21H23N5O3. The van der Waals surface area contributed by atoms with E-state index in [0.717, 1.165) is 24.2 Å². The number of carbonyl (C=O) groups excluding carboxylic acids is 3. The van der Waals surface area contributed by atoms with E-state index in [1.54, 1.807) is 0 Å². The zero-order valence-corrected chi connectivity index (χ0v) is 16.0. The van der Waals surface area contributed by atoms with Crippen molar-refractivity contribution >= 4 is 17.7 Å². The second-order valence-corrected chi connectivity index (χ2v) is 8.53. The van der Waals surface area contributed by atoms with Gasteiger partial charge in [-0.1, -0.05) is 30.3 Å². The fourth-order valence-corrected chi connectivity index (χ4v) is 4.67. The van der Waals surface area contributed by atoms with Crippen LogP contribution in [0.3, 0.4) is 0 Å². The Kier molecular flexibility index (Phi) is 3.97. The molecule has 2 atom stereocenters. The monoisotopic (exact) mass is 393 g/mol. The third-order valence-corrected chi connectivity index (χ3v) is 6.46. The molecule has 0 bridgehead atoms. The van der Waals surface area contributed by atoms with E-state index >= 15 is 0 Å². The topological polar surface area (TPSA) is 110 Å². The molecule has 1 aromatic heterocycles. The molecule has 2 aliphatic heterocycles. The molecule has 0 radical (unpaired) electrons. The van der Waals surface area contributed by atoms with Gasteiger partial charge in [-0.15, -0.1) is 0 Å². The van der Waals surface area contributed by atoms with Crippen molar-refractivity contribution in [2.45, 2.75) is 37.8 Å². The Hall–Kier alpha value is -3.16. The average molecular weight is 393 g/mol. The Labute approximate surface area is 168 Å². The fraction of sp³-hybridized carbons (Fsp3) is 0.429. The third kappa shape index (κ3) is 3.18. The van der Waals surface area contributed by atoms with Gasteiger partial charge < -0.3 is 16.0 Å². The maximum atomic E-state index is 12.9. The number of primary amides is 1. The SMILES string of the molecule is NC(=O)C(=O)N1C[C@@H](NC(=O)c2cc3n(n2)CC2(CC2)C3)[C@H](c2ccccc2)C1. The normalized spacial score (nSPS) is 23.8. The molecule has 3 N–H and O–H groups in total. The molecule has 3 amide bonds. The van der Waals surface area contributed by atoms with Gasteiger partial charge in [0.1, 0.15) is 5.69 Å². The van der Waals surface area contributed by atoms with Gasteiger partial charge in [0, 0.05) is 31.2 Å². The fourth-order valence-electron chi connectivity index (χ4n) is 4.67. The lowest BCUT2D eigenvalue weighted by Crippen LogP contribution is -2.43. The summed E-state index contributed by atoms with van der Waals surface area (Å²) in [6.07, 6.45) is 3.47. The van der Waals surface area contributed by atoms with Gasteiger partial charge in [-0.05, 0) is 36.3 Å². The Balaban J connectivity index is 1.34. The molecule has 8 heteroatoms. The van der Waals surface area contributed by atoms with E-state index in [4.69, 9.17) is 5.73 Å². The van der Waals surface area contributed by atoms with E-state index in [1.807, 2.05) is 41.1 Å². The smallest absolute Gasteiger partial charge is 0.311 e. The molecule has 1 saturated carbocycles. The van der Waals surface area contributed by atoms with Crippen LogP contribution in [0.15, 0.2) is 36.4 Å². The number of likely N-dealkylation sites (tertiary alicyclic amines) is 1. The largest absolute Gasteiger partial charge is 0.361 e. The molecule has 2 fully saturated rings. The molecule has 3 heterocycles. The lowest BCUT2D eigenvalue weighted by molar-refractivity contribution is -0.143. The molecule has 3 aliphatic rings. The van der Waals surface area contributed by atoms with Gasteiger partial charge in [0.2, 0.25) is 0 Å². The van der Waals surface area contributed by atoms with Crippen LogP contribution < -0.4 is 11.1 Å². The van der Waals surface area contributed by atoms with Crippen molar-refractivity contribution in [1.82, 2.24) is 20.0 Å². The summed E-state index contributed by atoms with van der Waals surface area (Å²) in [7, 11) is 0. The zero-order valence-electron chi connectivity index (χ0n) is 16.0. The first-order valence-electron chi connectivity index (χ1n) is 9.95. The molecule has 1 aromatic carbocycles. The van der Waals surface area contributed by atoms with Crippen molar-refractivity contribution in [2.24, 2.45) is 11.1 Å². The van der Waals surface area contributed by atoms with Gasteiger partial charge in [0.15, 0.2) is 0 Å². The summed E-state index contributed by atoms with van der Waals surface area (Å²) in [5, 5.41) is 7.53. The zero-order chi connectivity index (χ0) is 20.2. The highest BCUT2D eigenvalue weighted by Gasteiger charge is 2.48. The lowest BCUT2D eigenvalue weighted by Gasteiger charge is -2.19.